The first-order valence-electron chi connectivity index (χ1n) is 6.87. The molecule has 1 heterocycles. The minimum Gasteiger partial charge on any atom is -0.383 e. The van der Waals surface area contributed by atoms with Gasteiger partial charge in [-0.05, 0) is 25.1 Å². The number of nitrogens with one attached hydrogen (secondary N) is 2. The van der Waals surface area contributed by atoms with Gasteiger partial charge in [-0.2, -0.15) is 0 Å². The van der Waals surface area contributed by atoms with E-state index >= 15 is 0 Å². The van der Waals surface area contributed by atoms with E-state index < -0.39 is 4.92 Å². The number of carbonyl (C=O) groups is 1. The molecular weight excluding hydrogens is 320 g/mol. The zero-order valence-corrected chi connectivity index (χ0v) is 13.1. The predicted molar refractivity (Wildman–Crippen MR) is 88.8 cm³/mol. The highest BCUT2D eigenvalue weighted by atomic mass is 35.5. The van der Waals surface area contributed by atoms with Gasteiger partial charge in [0.25, 0.3) is 5.69 Å². The second-order valence-electron chi connectivity index (χ2n) is 4.81. The molecule has 2 N–H and O–H groups in total. The minimum atomic E-state index is -0.516. The Kier molecular flexibility index (Phi) is 5.48. The normalized spacial score (nSPS) is 10.2. The van der Waals surface area contributed by atoms with E-state index in [1.54, 1.807) is 6.07 Å². The van der Waals surface area contributed by atoms with E-state index in [1.807, 2.05) is 19.1 Å². The average molecular weight is 335 g/mol. The Hall–Kier alpha value is -2.67. The molecule has 2 aromatic rings. The quantitative estimate of drug-likeness (QED) is 0.623. The van der Waals surface area contributed by atoms with E-state index in [0.717, 1.165) is 5.69 Å². The van der Waals surface area contributed by atoms with Crippen LogP contribution in [0.1, 0.15) is 12.1 Å². The number of amides is 1. The van der Waals surface area contributed by atoms with Crippen molar-refractivity contribution in [3.63, 3.8) is 0 Å². The van der Waals surface area contributed by atoms with E-state index in [-0.39, 0.29) is 23.0 Å². The second-order valence-corrected chi connectivity index (χ2v) is 5.22. The number of benzene rings is 1. The molecule has 0 spiro atoms. The summed E-state index contributed by atoms with van der Waals surface area (Å²) in [5.74, 6) is 0.317. The summed E-state index contributed by atoms with van der Waals surface area (Å²) in [5.41, 5.74) is 1.28. The molecule has 0 aliphatic rings. The van der Waals surface area contributed by atoms with Crippen molar-refractivity contribution >= 4 is 34.7 Å². The lowest BCUT2D eigenvalue weighted by Crippen LogP contribution is -2.17. The summed E-state index contributed by atoms with van der Waals surface area (Å²) in [6.45, 7) is 2.18. The lowest BCUT2D eigenvalue weighted by molar-refractivity contribution is -0.384. The highest BCUT2D eigenvalue weighted by molar-refractivity contribution is 6.33. The lowest BCUT2D eigenvalue weighted by atomic mass is 10.2. The molecule has 0 radical (unpaired) electrons. The Labute approximate surface area is 137 Å². The van der Waals surface area contributed by atoms with Crippen molar-refractivity contribution in [1.29, 1.82) is 0 Å². The van der Waals surface area contributed by atoms with Crippen molar-refractivity contribution < 1.29 is 9.72 Å². The van der Waals surface area contributed by atoms with Crippen molar-refractivity contribution in [2.75, 3.05) is 17.2 Å². The van der Waals surface area contributed by atoms with Crippen LogP contribution >= 0.6 is 11.6 Å². The molecule has 8 heteroatoms. The van der Waals surface area contributed by atoms with Crippen molar-refractivity contribution in [2.45, 2.75) is 13.3 Å². The molecule has 120 valence electrons. The SMILES string of the molecule is Cc1cccc(NC(=O)CCNc2ccc([N+](=O)[O-])cc2Cl)n1. The van der Waals surface area contributed by atoms with Crippen molar-refractivity contribution in [2.24, 2.45) is 0 Å². The maximum absolute atomic E-state index is 11.8. The molecule has 1 aromatic heterocycles. The Morgan fingerprint density at radius 2 is 2.13 bits per heavy atom. The predicted octanol–water partition coefficient (Wildman–Crippen LogP) is 3.39. The molecule has 0 aliphatic carbocycles. The Balaban J connectivity index is 1.85. The summed E-state index contributed by atoms with van der Waals surface area (Å²) < 4.78 is 0. The molecule has 2 rings (SSSR count). The number of nitro benzene ring substituents is 1. The number of hydrogen-bond acceptors (Lipinski definition) is 5. The van der Waals surface area contributed by atoms with Crippen LogP contribution in [0.5, 0.6) is 0 Å². The van der Waals surface area contributed by atoms with Gasteiger partial charge in [-0.3, -0.25) is 14.9 Å². The van der Waals surface area contributed by atoms with Crippen LogP contribution in [0.3, 0.4) is 0 Å². The molecule has 7 nitrogen and oxygen atoms in total. The lowest BCUT2D eigenvalue weighted by Gasteiger charge is -2.08. The number of carbonyl (C=O) groups excluding carboxylic acids is 1. The number of hydrogen-bond donors (Lipinski definition) is 2. The number of nitro groups is 1. The highest BCUT2D eigenvalue weighted by Crippen LogP contribution is 2.26. The maximum Gasteiger partial charge on any atom is 0.271 e. The van der Waals surface area contributed by atoms with Gasteiger partial charge in [0.2, 0.25) is 5.91 Å². The molecule has 0 unspecified atom stereocenters. The fourth-order valence-corrected chi connectivity index (χ4v) is 2.13. The van der Waals surface area contributed by atoms with Crippen LogP contribution in [0.25, 0.3) is 0 Å². The van der Waals surface area contributed by atoms with Gasteiger partial charge >= 0.3 is 0 Å². The molecule has 23 heavy (non-hydrogen) atoms. The molecule has 0 fully saturated rings. The highest BCUT2D eigenvalue weighted by Gasteiger charge is 2.09. The van der Waals surface area contributed by atoms with Gasteiger partial charge in [0, 0.05) is 30.8 Å². The van der Waals surface area contributed by atoms with Crippen LogP contribution in [0, 0.1) is 17.0 Å². The van der Waals surface area contributed by atoms with Crippen molar-refractivity contribution in [3.05, 3.63) is 57.2 Å². The third-order valence-corrected chi connectivity index (χ3v) is 3.30. The smallest absolute Gasteiger partial charge is 0.271 e. The van der Waals surface area contributed by atoms with Crippen molar-refractivity contribution in [1.82, 2.24) is 4.98 Å². The van der Waals surface area contributed by atoms with E-state index in [1.165, 1.54) is 18.2 Å². The number of aromatic nitrogens is 1. The Morgan fingerprint density at radius 1 is 1.35 bits per heavy atom. The monoisotopic (exact) mass is 334 g/mol. The first-order chi connectivity index (χ1) is 11.0. The summed E-state index contributed by atoms with van der Waals surface area (Å²) in [6.07, 6.45) is 0.211. The average Bonchev–Trinajstić information content (AvgIpc) is 2.48. The first-order valence-corrected chi connectivity index (χ1v) is 7.25. The van der Waals surface area contributed by atoms with Crippen LogP contribution in [0.15, 0.2) is 36.4 Å². The van der Waals surface area contributed by atoms with Gasteiger partial charge in [-0.1, -0.05) is 17.7 Å². The Morgan fingerprint density at radius 3 is 2.78 bits per heavy atom. The number of anilines is 2. The number of rotatable bonds is 6. The molecular formula is C15H15ClN4O3. The Bertz CT molecular complexity index is 736. The van der Waals surface area contributed by atoms with Crippen LogP contribution in [0.2, 0.25) is 5.02 Å². The van der Waals surface area contributed by atoms with Gasteiger partial charge in [0.15, 0.2) is 0 Å². The van der Waals surface area contributed by atoms with Crippen LogP contribution in [-0.2, 0) is 4.79 Å². The third kappa shape index (κ3) is 4.93. The third-order valence-electron chi connectivity index (χ3n) is 2.99. The molecule has 0 aliphatic heterocycles. The fraction of sp³-hybridized carbons (Fsp3) is 0.200. The van der Waals surface area contributed by atoms with Gasteiger partial charge < -0.3 is 10.6 Å². The summed E-state index contributed by atoms with van der Waals surface area (Å²) in [7, 11) is 0. The minimum absolute atomic E-state index is 0.0798. The molecule has 0 saturated carbocycles. The number of aryl methyl sites for hydroxylation is 1. The van der Waals surface area contributed by atoms with E-state index in [9.17, 15) is 14.9 Å². The van der Waals surface area contributed by atoms with Crippen LogP contribution < -0.4 is 10.6 Å². The van der Waals surface area contributed by atoms with Gasteiger partial charge in [-0.15, -0.1) is 0 Å². The number of pyridine rings is 1. The molecule has 0 saturated heterocycles. The largest absolute Gasteiger partial charge is 0.383 e. The van der Waals surface area contributed by atoms with Crippen molar-refractivity contribution in [3.8, 4) is 0 Å². The van der Waals surface area contributed by atoms with Crippen LogP contribution in [-0.4, -0.2) is 22.4 Å². The maximum atomic E-state index is 11.8. The number of non-ortho nitro benzene ring substituents is 1. The van der Waals surface area contributed by atoms with Gasteiger partial charge in [-0.25, -0.2) is 4.98 Å². The number of halogens is 1. The van der Waals surface area contributed by atoms with E-state index in [0.29, 0.717) is 18.1 Å². The summed E-state index contributed by atoms with van der Waals surface area (Å²) in [6, 6.07) is 9.50. The number of nitrogens with zero attached hydrogens (tertiary/aromatic N) is 2. The zero-order chi connectivity index (χ0) is 16.8. The summed E-state index contributed by atoms with van der Waals surface area (Å²) in [4.78, 5) is 26.1. The molecule has 0 bridgehead atoms. The standard InChI is InChI=1S/C15H15ClN4O3/c1-10-3-2-4-14(18-10)19-15(21)7-8-17-13-6-5-11(20(22)23)9-12(13)16/h2-6,9,17H,7-8H2,1H3,(H,18,19,21). The topological polar surface area (TPSA) is 97.2 Å². The van der Waals surface area contributed by atoms with Gasteiger partial charge in [0.05, 0.1) is 15.6 Å². The molecule has 1 aromatic carbocycles. The first kappa shape index (κ1) is 16.7. The van der Waals surface area contributed by atoms with Gasteiger partial charge in [0.1, 0.15) is 5.82 Å². The molecule has 1 amide bonds. The fourth-order valence-electron chi connectivity index (χ4n) is 1.89. The van der Waals surface area contributed by atoms with E-state index in [2.05, 4.69) is 15.6 Å². The van der Waals surface area contributed by atoms with Crippen LogP contribution in [0.4, 0.5) is 17.2 Å². The zero-order valence-electron chi connectivity index (χ0n) is 12.4. The summed E-state index contributed by atoms with van der Waals surface area (Å²) in [5, 5.41) is 16.5. The van der Waals surface area contributed by atoms with E-state index in [4.69, 9.17) is 11.6 Å². The summed E-state index contributed by atoms with van der Waals surface area (Å²) >= 11 is 5.96. The molecule has 0 atom stereocenters. The second kappa shape index (κ2) is 7.55.